The molecule has 1 aliphatic heterocycles. The van der Waals surface area contributed by atoms with E-state index in [1.165, 1.54) is 12.1 Å². The van der Waals surface area contributed by atoms with Crippen LogP contribution in [0.2, 0.25) is 0 Å². The number of nitrogens with zero attached hydrogens (tertiary/aromatic N) is 1. The molecule has 166 valence electrons. The molecule has 8 heteroatoms. The molecule has 3 aromatic carbocycles. The van der Waals surface area contributed by atoms with Gasteiger partial charge in [-0.05, 0) is 36.4 Å². The molecule has 5 rings (SSSR count). The van der Waals surface area contributed by atoms with Crippen molar-refractivity contribution >= 4 is 5.91 Å². The first-order chi connectivity index (χ1) is 16.1. The van der Waals surface area contributed by atoms with Crippen molar-refractivity contribution in [2.75, 3.05) is 13.2 Å². The molecule has 2 heterocycles. The van der Waals surface area contributed by atoms with Gasteiger partial charge in [-0.1, -0.05) is 30.3 Å². The van der Waals surface area contributed by atoms with Crippen molar-refractivity contribution in [3.8, 4) is 34.0 Å². The lowest BCUT2D eigenvalue weighted by molar-refractivity contribution is 0.0950. The molecule has 0 atom stereocenters. The Morgan fingerprint density at radius 3 is 2.64 bits per heavy atom. The van der Waals surface area contributed by atoms with E-state index in [4.69, 9.17) is 9.47 Å². The molecule has 0 aliphatic carbocycles. The van der Waals surface area contributed by atoms with E-state index >= 15 is 0 Å². The Bertz CT molecular complexity index is 1320. The van der Waals surface area contributed by atoms with Crippen LogP contribution in [-0.2, 0) is 6.54 Å². The fourth-order valence-electron chi connectivity index (χ4n) is 3.65. The molecular formula is C25H19F2N3O3. The van der Waals surface area contributed by atoms with Crippen LogP contribution >= 0.6 is 0 Å². The van der Waals surface area contributed by atoms with Crippen LogP contribution in [0.15, 0.2) is 66.7 Å². The Kier molecular flexibility index (Phi) is 5.48. The highest BCUT2D eigenvalue weighted by molar-refractivity contribution is 5.94. The number of rotatable bonds is 5. The number of amides is 1. The molecule has 0 radical (unpaired) electrons. The van der Waals surface area contributed by atoms with Gasteiger partial charge < -0.3 is 14.8 Å². The molecule has 2 N–H and O–H groups in total. The first-order valence-corrected chi connectivity index (χ1v) is 10.4. The van der Waals surface area contributed by atoms with Crippen LogP contribution in [0.25, 0.3) is 22.5 Å². The van der Waals surface area contributed by atoms with Crippen LogP contribution in [0.5, 0.6) is 11.5 Å². The van der Waals surface area contributed by atoms with Gasteiger partial charge in [0.25, 0.3) is 5.91 Å². The van der Waals surface area contributed by atoms with Crippen molar-refractivity contribution in [3.05, 3.63) is 89.5 Å². The van der Waals surface area contributed by atoms with Gasteiger partial charge in [0.2, 0.25) is 0 Å². The Balaban J connectivity index is 1.30. The maximum atomic E-state index is 13.8. The van der Waals surface area contributed by atoms with Gasteiger partial charge in [-0.25, -0.2) is 8.78 Å². The van der Waals surface area contributed by atoms with Gasteiger partial charge in [0, 0.05) is 28.8 Å². The number of H-pyrrole nitrogens is 1. The molecule has 1 aromatic heterocycles. The zero-order valence-electron chi connectivity index (χ0n) is 17.4. The number of ether oxygens (including phenoxy) is 2. The van der Waals surface area contributed by atoms with Crippen LogP contribution in [0.4, 0.5) is 8.78 Å². The lowest BCUT2D eigenvalue weighted by Gasteiger charge is -2.20. The van der Waals surface area contributed by atoms with E-state index in [0.29, 0.717) is 36.0 Å². The van der Waals surface area contributed by atoms with Crippen LogP contribution in [0.3, 0.4) is 0 Å². The second-order valence-electron chi connectivity index (χ2n) is 7.47. The van der Waals surface area contributed by atoms with Gasteiger partial charge in [-0.3, -0.25) is 9.89 Å². The number of hydrogen-bond donors (Lipinski definition) is 2. The molecule has 0 fully saturated rings. The van der Waals surface area contributed by atoms with E-state index in [1.807, 2.05) is 24.3 Å². The number of aromatic amines is 1. The summed E-state index contributed by atoms with van der Waals surface area (Å²) in [7, 11) is 0. The maximum Gasteiger partial charge on any atom is 0.251 e. The summed E-state index contributed by atoms with van der Waals surface area (Å²) in [4.78, 5) is 12.4. The quantitative estimate of drug-likeness (QED) is 0.464. The Morgan fingerprint density at radius 1 is 1.00 bits per heavy atom. The Morgan fingerprint density at radius 2 is 1.79 bits per heavy atom. The van der Waals surface area contributed by atoms with Crippen molar-refractivity contribution < 1.29 is 23.0 Å². The van der Waals surface area contributed by atoms with Crippen molar-refractivity contribution in [2.45, 2.75) is 6.54 Å². The van der Waals surface area contributed by atoms with Crippen molar-refractivity contribution in [1.82, 2.24) is 15.5 Å². The maximum absolute atomic E-state index is 13.8. The minimum Gasteiger partial charge on any atom is -0.486 e. The molecule has 4 aromatic rings. The lowest BCUT2D eigenvalue weighted by Crippen LogP contribution is -2.23. The van der Waals surface area contributed by atoms with Crippen LogP contribution < -0.4 is 14.8 Å². The van der Waals surface area contributed by atoms with Gasteiger partial charge in [0.05, 0.1) is 11.4 Å². The van der Waals surface area contributed by atoms with Gasteiger partial charge in [0.1, 0.15) is 13.2 Å². The van der Waals surface area contributed by atoms with Gasteiger partial charge in [-0.2, -0.15) is 5.10 Å². The van der Waals surface area contributed by atoms with E-state index in [-0.39, 0.29) is 18.0 Å². The second kappa shape index (κ2) is 8.74. The number of carbonyl (C=O) groups is 1. The van der Waals surface area contributed by atoms with Crippen molar-refractivity contribution in [1.29, 1.82) is 0 Å². The van der Waals surface area contributed by atoms with Crippen LogP contribution in [0.1, 0.15) is 15.9 Å². The van der Waals surface area contributed by atoms with E-state index in [2.05, 4.69) is 15.5 Å². The first-order valence-electron chi connectivity index (χ1n) is 10.4. The topological polar surface area (TPSA) is 76.2 Å². The van der Waals surface area contributed by atoms with E-state index in [9.17, 15) is 13.6 Å². The van der Waals surface area contributed by atoms with Crippen molar-refractivity contribution in [3.63, 3.8) is 0 Å². The number of benzene rings is 3. The zero-order valence-corrected chi connectivity index (χ0v) is 17.4. The number of carbonyl (C=O) groups excluding carboxylic acids is 1. The average Bonchev–Trinajstić information content (AvgIpc) is 3.34. The number of aromatic nitrogens is 2. The van der Waals surface area contributed by atoms with Gasteiger partial charge >= 0.3 is 0 Å². The lowest BCUT2D eigenvalue weighted by atomic mass is 10.1. The summed E-state index contributed by atoms with van der Waals surface area (Å²) >= 11 is 0. The molecule has 0 unspecified atom stereocenters. The minimum atomic E-state index is -0.959. The van der Waals surface area contributed by atoms with E-state index in [0.717, 1.165) is 22.9 Å². The summed E-state index contributed by atoms with van der Waals surface area (Å²) in [5.74, 6) is -0.913. The van der Waals surface area contributed by atoms with Gasteiger partial charge in [-0.15, -0.1) is 0 Å². The predicted molar refractivity (Wildman–Crippen MR) is 118 cm³/mol. The molecule has 33 heavy (non-hydrogen) atoms. The second-order valence-corrected chi connectivity index (χ2v) is 7.47. The molecule has 1 aliphatic rings. The fraction of sp³-hybridized carbons (Fsp3) is 0.120. The van der Waals surface area contributed by atoms with Crippen molar-refractivity contribution in [2.24, 2.45) is 0 Å². The molecular weight excluding hydrogens is 428 g/mol. The fourth-order valence-corrected chi connectivity index (χ4v) is 3.65. The third-order valence-corrected chi connectivity index (χ3v) is 5.35. The van der Waals surface area contributed by atoms with E-state index in [1.54, 1.807) is 24.3 Å². The average molecular weight is 447 g/mol. The molecule has 1 amide bonds. The van der Waals surface area contributed by atoms with E-state index < -0.39 is 11.6 Å². The number of hydrogen-bond acceptors (Lipinski definition) is 4. The largest absolute Gasteiger partial charge is 0.486 e. The Hall–Kier alpha value is -4.20. The van der Waals surface area contributed by atoms with Crippen LogP contribution in [0, 0.1) is 11.6 Å². The highest BCUT2D eigenvalue weighted by Gasteiger charge is 2.18. The highest BCUT2D eigenvalue weighted by atomic mass is 19.2. The molecule has 0 spiro atoms. The molecule has 6 nitrogen and oxygen atoms in total. The predicted octanol–water partition coefficient (Wildman–Crippen LogP) is 4.72. The smallest absolute Gasteiger partial charge is 0.251 e. The standard InChI is InChI=1S/C25H19F2N3O3/c26-19-5-1-3-17(23(19)27)14-28-25(31)16-9-7-15(8-10-16)20-13-21(30-29-20)18-4-2-6-22-24(18)33-12-11-32-22/h1-10,13H,11-12,14H2,(H,28,31)(H,29,30). The number of nitrogens with one attached hydrogen (secondary N) is 2. The molecule has 0 bridgehead atoms. The summed E-state index contributed by atoms with van der Waals surface area (Å²) < 4.78 is 38.5. The third kappa shape index (κ3) is 4.15. The summed E-state index contributed by atoms with van der Waals surface area (Å²) in [6, 6.07) is 18.3. The number of fused-ring (bicyclic) bond motifs is 1. The third-order valence-electron chi connectivity index (χ3n) is 5.35. The SMILES string of the molecule is O=C(NCc1cccc(F)c1F)c1ccc(-c2cc(-c3cccc4c3OCCO4)[nH]n2)cc1. The zero-order chi connectivity index (χ0) is 22.8. The number of halogens is 2. The summed E-state index contributed by atoms with van der Waals surface area (Å²) in [6.07, 6.45) is 0. The summed E-state index contributed by atoms with van der Waals surface area (Å²) in [6.45, 7) is 0.891. The molecule has 0 saturated carbocycles. The summed E-state index contributed by atoms with van der Waals surface area (Å²) in [5, 5.41) is 10.0. The first kappa shape index (κ1) is 20.7. The summed E-state index contributed by atoms with van der Waals surface area (Å²) in [5.41, 5.74) is 3.63. The van der Waals surface area contributed by atoms with Gasteiger partial charge in [0.15, 0.2) is 23.1 Å². The monoisotopic (exact) mass is 447 g/mol. The van der Waals surface area contributed by atoms with Crippen LogP contribution in [-0.4, -0.2) is 29.3 Å². The number of para-hydroxylation sites is 1. The molecule has 0 saturated heterocycles. The minimum absolute atomic E-state index is 0.0847. The highest BCUT2D eigenvalue weighted by Crippen LogP contribution is 2.39. The Labute approximate surface area is 188 Å². The normalized spacial score (nSPS) is 12.4.